The summed E-state index contributed by atoms with van der Waals surface area (Å²) in [6, 6.07) is 21.4. The van der Waals surface area contributed by atoms with E-state index in [1.165, 1.54) is 0 Å². The molecule has 0 fully saturated rings. The summed E-state index contributed by atoms with van der Waals surface area (Å²) in [5, 5.41) is 3.14. The highest BCUT2D eigenvalue weighted by Crippen LogP contribution is 2.32. The Balaban J connectivity index is 1.66. The number of fused-ring (bicyclic) bond motifs is 1. The number of methoxy groups -OCH3 is 1. The van der Waals surface area contributed by atoms with E-state index in [1.807, 2.05) is 19.1 Å². The van der Waals surface area contributed by atoms with E-state index in [9.17, 15) is 9.59 Å². The Bertz CT molecular complexity index is 1270. The van der Waals surface area contributed by atoms with Crippen LogP contribution in [0.5, 0.6) is 11.5 Å². The lowest BCUT2D eigenvalue weighted by Crippen LogP contribution is -2.22. The summed E-state index contributed by atoms with van der Waals surface area (Å²) in [6.07, 6.45) is 0. The number of carbonyl (C=O) groups excluding carboxylic acids is 1. The third-order valence-electron chi connectivity index (χ3n) is 4.79. The molecule has 4 rings (SSSR count). The molecule has 3 aromatic carbocycles. The smallest absolute Gasteiger partial charge is 0.262 e. The van der Waals surface area contributed by atoms with Crippen LogP contribution in [-0.4, -0.2) is 19.6 Å². The van der Waals surface area contributed by atoms with E-state index >= 15 is 0 Å². The lowest BCUT2D eigenvalue weighted by atomic mass is 10.1. The van der Waals surface area contributed by atoms with Gasteiger partial charge in [0, 0.05) is 11.3 Å². The maximum atomic E-state index is 13.1. The first kappa shape index (κ1) is 20.2. The number of benzene rings is 3. The van der Waals surface area contributed by atoms with Crippen LogP contribution in [0.25, 0.3) is 22.3 Å². The Morgan fingerprint density at radius 2 is 1.68 bits per heavy atom. The van der Waals surface area contributed by atoms with Crippen molar-refractivity contribution in [3.8, 4) is 22.8 Å². The van der Waals surface area contributed by atoms with Crippen molar-refractivity contribution in [2.24, 2.45) is 0 Å². The topological polar surface area (TPSA) is 77.8 Å². The minimum atomic E-state index is -0.378. The maximum Gasteiger partial charge on any atom is 0.262 e. The normalized spacial score (nSPS) is 10.6. The Hall–Kier alpha value is -4.06. The Kier molecular flexibility index (Phi) is 5.71. The minimum absolute atomic E-state index is 0.0112. The van der Waals surface area contributed by atoms with Gasteiger partial charge in [0.05, 0.1) is 12.5 Å². The van der Waals surface area contributed by atoms with Crippen LogP contribution in [0.1, 0.15) is 5.56 Å². The number of ether oxygens (including phenoxy) is 2. The monoisotopic (exact) mass is 415 g/mol. The van der Waals surface area contributed by atoms with Gasteiger partial charge in [0.2, 0.25) is 11.2 Å². The molecule has 0 spiro atoms. The Labute approximate surface area is 179 Å². The summed E-state index contributed by atoms with van der Waals surface area (Å²) >= 11 is 0. The van der Waals surface area contributed by atoms with Crippen molar-refractivity contribution in [1.29, 1.82) is 0 Å². The molecule has 6 heteroatoms. The number of rotatable bonds is 6. The van der Waals surface area contributed by atoms with Gasteiger partial charge in [-0.05, 0) is 55.5 Å². The average molecular weight is 415 g/mol. The van der Waals surface area contributed by atoms with E-state index in [1.54, 1.807) is 67.8 Å². The minimum Gasteiger partial charge on any atom is -0.497 e. The first-order valence-electron chi connectivity index (χ1n) is 9.75. The first-order chi connectivity index (χ1) is 15.0. The largest absolute Gasteiger partial charge is 0.497 e. The Morgan fingerprint density at radius 3 is 2.39 bits per heavy atom. The predicted octanol–water partition coefficient (Wildman–Crippen LogP) is 4.79. The van der Waals surface area contributed by atoms with Gasteiger partial charge in [0.15, 0.2) is 12.4 Å². The molecule has 1 aromatic heterocycles. The number of hydrogen-bond donors (Lipinski definition) is 1. The predicted molar refractivity (Wildman–Crippen MR) is 120 cm³/mol. The van der Waals surface area contributed by atoms with E-state index in [0.29, 0.717) is 28.0 Å². The quantitative estimate of drug-likeness (QED) is 0.490. The fraction of sp³-hybridized carbons (Fsp3) is 0.120. The van der Waals surface area contributed by atoms with Crippen LogP contribution < -0.4 is 20.2 Å². The lowest BCUT2D eigenvalue weighted by Gasteiger charge is -2.12. The van der Waals surface area contributed by atoms with Gasteiger partial charge >= 0.3 is 0 Å². The molecule has 0 aliphatic rings. The molecule has 0 aliphatic carbocycles. The highest BCUT2D eigenvalue weighted by atomic mass is 16.5. The number of nitrogens with one attached hydrogen (secondary N) is 1. The number of hydrogen-bond acceptors (Lipinski definition) is 5. The molecular weight excluding hydrogens is 394 g/mol. The van der Waals surface area contributed by atoms with Crippen LogP contribution in [0, 0.1) is 6.92 Å². The van der Waals surface area contributed by atoms with Gasteiger partial charge in [-0.2, -0.15) is 0 Å². The molecule has 1 N–H and O–H groups in total. The second kappa shape index (κ2) is 8.75. The zero-order valence-electron chi connectivity index (χ0n) is 17.2. The molecule has 0 aliphatic heterocycles. The van der Waals surface area contributed by atoms with Gasteiger partial charge in [-0.3, -0.25) is 9.59 Å². The Morgan fingerprint density at radius 1 is 0.968 bits per heavy atom. The van der Waals surface area contributed by atoms with E-state index in [4.69, 9.17) is 13.9 Å². The molecule has 0 radical (unpaired) electrons. The molecule has 1 heterocycles. The van der Waals surface area contributed by atoms with Crippen molar-refractivity contribution in [2.45, 2.75) is 6.92 Å². The molecule has 0 atom stereocenters. The zero-order chi connectivity index (χ0) is 21.8. The zero-order valence-corrected chi connectivity index (χ0v) is 17.2. The van der Waals surface area contributed by atoms with Gasteiger partial charge in [-0.25, -0.2) is 0 Å². The van der Waals surface area contributed by atoms with E-state index in [-0.39, 0.29) is 29.5 Å². The molecule has 31 heavy (non-hydrogen) atoms. The van der Waals surface area contributed by atoms with Gasteiger partial charge in [0.1, 0.15) is 11.3 Å². The van der Waals surface area contributed by atoms with Crippen molar-refractivity contribution < 1.29 is 18.7 Å². The summed E-state index contributed by atoms with van der Waals surface area (Å²) in [5.41, 5.74) is 2.48. The molecule has 0 unspecified atom stereocenters. The van der Waals surface area contributed by atoms with E-state index < -0.39 is 0 Å². The standard InChI is InChI=1S/C25H21NO5/c1-16-7-11-18(12-8-16)26-22(27)15-30-25-23(28)20-5-3-4-6-21(20)31-24(25)17-9-13-19(29-2)14-10-17/h3-14H,15H2,1-2H3,(H,26,27). The summed E-state index contributed by atoms with van der Waals surface area (Å²) < 4.78 is 16.9. The van der Waals surface area contributed by atoms with Gasteiger partial charge in [-0.15, -0.1) is 0 Å². The summed E-state index contributed by atoms with van der Waals surface area (Å²) in [4.78, 5) is 25.5. The molecule has 0 bridgehead atoms. The van der Waals surface area contributed by atoms with Crippen LogP contribution in [0.15, 0.2) is 82.0 Å². The lowest BCUT2D eigenvalue weighted by molar-refractivity contribution is -0.118. The second-order valence-electron chi connectivity index (χ2n) is 7.02. The second-order valence-corrected chi connectivity index (χ2v) is 7.02. The average Bonchev–Trinajstić information content (AvgIpc) is 2.80. The number of anilines is 1. The third-order valence-corrected chi connectivity index (χ3v) is 4.79. The number of amides is 1. The van der Waals surface area contributed by atoms with Crippen LogP contribution >= 0.6 is 0 Å². The van der Waals surface area contributed by atoms with E-state index in [2.05, 4.69) is 5.32 Å². The molecular formula is C25H21NO5. The summed E-state index contributed by atoms with van der Waals surface area (Å²) in [7, 11) is 1.58. The molecule has 6 nitrogen and oxygen atoms in total. The summed E-state index contributed by atoms with van der Waals surface area (Å²) in [6.45, 7) is 1.63. The SMILES string of the molecule is COc1ccc(-c2oc3ccccc3c(=O)c2OCC(=O)Nc2ccc(C)cc2)cc1. The summed E-state index contributed by atoms with van der Waals surface area (Å²) in [5.74, 6) is 0.543. The fourth-order valence-electron chi connectivity index (χ4n) is 3.16. The highest BCUT2D eigenvalue weighted by Gasteiger charge is 2.19. The van der Waals surface area contributed by atoms with Crippen LogP contribution in [0.4, 0.5) is 5.69 Å². The van der Waals surface area contributed by atoms with Crippen molar-refractivity contribution in [3.63, 3.8) is 0 Å². The van der Waals surface area contributed by atoms with Gasteiger partial charge in [0.25, 0.3) is 5.91 Å². The molecule has 4 aromatic rings. The van der Waals surface area contributed by atoms with Crippen LogP contribution in [-0.2, 0) is 4.79 Å². The third kappa shape index (κ3) is 4.43. The molecule has 0 saturated heterocycles. The maximum absolute atomic E-state index is 13.1. The highest BCUT2D eigenvalue weighted by molar-refractivity contribution is 5.92. The first-order valence-corrected chi connectivity index (χ1v) is 9.75. The van der Waals surface area contributed by atoms with Crippen molar-refractivity contribution in [1.82, 2.24) is 0 Å². The van der Waals surface area contributed by atoms with Crippen molar-refractivity contribution >= 4 is 22.6 Å². The van der Waals surface area contributed by atoms with Crippen molar-refractivity contribution in [3.05, 3.63) is 88.6 Å². The van der Waals surface area contributed by atoms with Gasteiger partial charge in [-0.1, -0.05) is 29.8 Å². The van der Waals surface area contributed by atoms with Crippen molar-refractivity contribution in [2.75, 3.05) is 19.0 Å². The molecule has 0 saturated carbocycles. The van der Waals surface area contributed by atoms with E-state index in [0.717, 1.165) is 5.56 Å². The fourth-order valence-corrected chi connectivity index (χ4v) is 3.16. The number of para-hydroxylation sites is 1. The molecule has 1 amide bonds. The van der Waals surface area contributed by atoms with Crippen LogP contribution in [0.3, 0.4) is 0 Å². The molecule has 156 valence electrons. The number of carbonyl (C=O) groups is 1. The van der Waals surface area contributed by atoms with Crippen LogP contribution in [0.2, 0.25) is 0 Å². The van der Waals surface area contributed by atoms with Gasteiger partial charge < -0.3 is 19.2 Å². The number of aryl methyl sites for hydroxylation is 1.